The molecule has 2 N–H and O–H groups in total. The summed E-state index contributed by atoms with van der Waals surface area (Å²) < 4.78 is 0. The first-order valence-corrected chi connectivity index (χ1v) is 8.04. The summed E-state index contributed by atoms with van der Waals surface area (Å²) in [5.41, 5.74) is 0.347. The Bertz CT molecular complexity index is 676. The highest BCUT2D eigenvalue weighted by Crippen LogP contribution is 2.35. The van der Waals surface area contributed by atoms with Gasteiger partial charge in [0.05, 0.1) is 5.41 Å². The second kappa shape index (κ2) is 6.56. The van der Waals surface area contributed by atoms with Gasteiger partial charge < -0.3 is 15.0 Å². The van der Waals surface area contributed by atoms with E-state index >= 15 is 0 Å². The van der Waals surface area contributed by atoms with Crippen molar-refractivity contribution >= 4 is 11.9 Å². The maximum absolute atomic E-state index is 12.7. The average Bonchev–Trinajstić information content (AvgIpc) is 2.50. The number of aryl methyl sites for hydroxylation is 2. The van der Waals surface area contributed by atoms with Gasteiger partial charge in [0.2, 0.25) is 0 Å². The molecule has 1 amide bonds. The molecule has 2 rings (SSSR count). The third kappa shape index (κ3) is 3.30. The fraction of sp³-hybridized carbons (Fsp3) is 0.588. The van der Waals surface area contributed by atoms with Crippen molar-refractivity contribution in [3.63, 3.8) is 0 Å². The van der Waals surface area contributed by atoms with E-state index in [9.17, 15) is 19.5 Å². The molecular formula is C17H24N2O4. The standard InChI is InChI=1S/C17H24N2O4/c1-4-6-17(16(22)23)7-5-8-19(10-17)15(21)13-9-11(2)12(3)18-14(13)20/h9H,4-8,10H2,1-3H3,(H,18,20)(H,22,23)/t17-/m1/s1. The Morgan fingerprint density at radius 2 is 2.09 bits per heavy atom. The van der Waals surface area contributed by atoms with Gasteiger partial charge in [-0.2, -0.15) is 0 Å². The molecule has 1 fully saturated rings. The average molecular weight is 320 g/mol. The zero-order chi connectivity index (χ0) is 17.2. The van der Waals surface area contributed by atoms with Crippen LogP contribution in [0.1, 0.15) is 54.2 Å². The molecule has 126 valence electrons. The lowest BCUT2D eigenvalue weighted by Gasteiger charge is -2.39. The summed E-state index contributed by atoms with van der Waals surface area (Å²) in [5.74, 6) is -1.23. The van der Waals surface area contributed by atoms with E-state index in [-0.39, 0.29) is 18.0 Å². The predicted octanol–water partition coefficient (Wildman–Crippen LogP) is 2.10. The lowest BCUT2D eigenvalue weighted by molar-refractivity contribution is -0.152. The van der Waals surface area contributed by atoms with E-state index in [4.69, 9.17) is 0 Å². The van der Waals surface area contributed by atoms with Crippen LogP contribution in [0.25, 0.3) is 0 Å². The maximum atomic E-state index is 12.7. The SMILES string of the molecule is CCC[C@@]1(C(=O)O)CCCN(C(=O)c2cc(C)c(C)[nH]c2=O)C1. The first kappa shape index (κ1) is 17.2. The molecule has 1 aliphatic rings. The van der Waals surface area contributed by atoms with Gasteiger partial charge in [0.15, 0.2) is 0 Å². The second-order valence-electron chi connectivity index (χ2n) is 6.49. The van der Waals surface area contributed by atoms with Gasteiger partial charge in [-0.3, -0.25) is 14.4 Å². The Balaban J connectivity index is 2.31. The van der Waals surface area contributed by atoms with Crippen LogP contribution in [0.15, 0.2) is 10.9 Å². The number of nitrogens with zero attached hydrogens (tertiary/aromatic N) is 1. The number of hydrogen-bond donors (Lipinski definition) is 2. The zero-order valence-electron chi connectivity index (χ0n) is 13.9. The van der Waals surface area contributed by atoms with Crippen LogP contribution in [0.4, 0.5) is 0 Å². The Labute approximate surface area is 135 Å². The number of pyridine rings is 1. The van der Waals surface area contributed by atoms with E-state index in [1.807, 2.05) is 13.8 Å². The van der Waals surface area contributed by atoms with Crippen molar-refractivity contribution in [2.75, 3.05) is 13.1 Å². The van der Waals surface area contributed by atoms with Gasteiger partial charge >= 0.3 is 5.97 Å². The summed E-state index contributed by atoms with van der Waals surface area (Å²) in [7, 11) is 0. The molecule has 0 bridgehead atoms. The number of carboxylic acid groups (broad SMARTS) is 1. The summed E-state index contributed by atoms with van der Waals surface area (Å²) in [6.07, 6.45) is 2.50. The largest absolute Gasteiger partial charge is 0.481 e. The van der Waals surface area contributed by atoms with Crippen molar-refractivity contribution in [2.45, 2.75) is 46.5 Å². The Morgan fingerprint density at radius 1 is 1.39 bits per heavy atom. The van der Waals surface area contributed by atoms with E-state index in [1.54, 1.807) is 13.0 Å². The minimum absolute atomic E-state index is 0.0887. The number of aliphatic carboxylic acids is 1. The molecule has 1 aromatic rings. The molecule has 1 aromatic heterocycles. The van der Waals surface area contributed by atoms with Crippen molar-refractivity contribution in [3.8, 4) is 0 Å². The Hall–Kier alpha value is -2.11. The predicted molar refractivity (Wildman–Crippen MR) is 86.7 cm³/mol. The molecule has 6 heteroatoms. The molecule has 0 spiro atoms. The summed E-state index contributed by atoms with van der Waals surface area (Å²) in [5, 5.41) is 9.62. The normalized spacial score (nSPS) is 21.3. The number of hydrogen-bond acceptors (Lipinski definition) is 3. The summed E-state index contributed by atoms with van der Waals surface area (Å²) in [6.45, 7) is 6.21. The molecule has 1 atom stereocenters. The fourth-order valence-corrected chi connectivity index (χ4v) is 3.32. The molecule has 0 aromatic carbocycles. The Morgan fingerprint density at radius 3 is 2.70 bits per heavy atom. The number of nitrogens with one attached hydrogen (secondary N) is 1. The van der Waals surface area contributed by atoms with Gasteiger partial charge in [-0.15, -0.1) is 0 Å². The van der Waals surface area contributed by atoms with E-state index < -0.39 is 16.9 Å². The second-order valence-corrected chi connectivity index (χ2v) is 6.49. The van der Waals surface area contributed by atoms with Gasteiger partial charge in [0.25, 0.3) is 11.5 Å². The highest BCUT2D eigenvalue weighted by atomic mass is 16.4. The van der Waals surface area contributed by atoms with Crippen molar-refractivity contribution in [1.82, 2.24) is 9.88 Å². The third-order valence-electron chi connectivity index (χ3n) is 4.77. The van der Waals surface area contributed by atoms with Crippen LogP contribution in [0.5, 0.6) is 0 Å². The summed E-state index contributed by atoms with van der Waals surface area (Å²) in [4.78, 5) is 40.7. The number of likely N-dealkylation sites (tertiary alicyclic amines) is 1. The quantitative estimate of drug-likeness (QED) is 0.889. The van der Waals surface area contributed by atoms with Gasteiger partial charge in [-0.1, -0.05) is 13.3 Å². The molecule has 1 aliphatic heterocycles. The first-order chi connectivity index (χ1) is 10.8. The molecule has 1 saturated heterocycles. The zero-order valence-corrected chi connectivity index (χ0v) is 13.9. The lowest BCUT2D eigenvalue weighted by atomic mass is 9.76. The molecule has 23 heavy (non-hydrogen) atoms. The number of aromatic amines is 1. The van der Waals surface area contributed by atoms with Crippen LogP contribution in [0, 0.1) is 19.3 Å². The smallest absolute Gasteiger partial charge is 0.311 e. The molecule has 2 heterocycles. The molecule has 0 saturated carbocycles. The number of H-pyrrole nitrogens is 1. The minimum Gasteiger partial charge on any atom is -0.481 e. The van der Waals surface area contributed by atoms with E-state index in [0.717, 1.165) is 17.7 Å². The van der Waals surface area contributed by atoms with Crippen LogP contribution in [-0.4, -0.2) is 40.0 Å². The van der Waals surface area contributed by atoms with Crippen molar-refractivity contribution in [1.29, 1.82) is 0 Å². The highest BCUT2D eigenvalue weighted by Gasteiger charge is 2.43. The van der Waals surface area contributed by atoms with Gasteiger partial charge in [0, 0.05) is 18.8 Å². The lowest BCUT2D eigenvalue weighted by Crippen LogP contribution is -2.50. The molecule has 6 nitrogen and oxygen atoms in total. The first-order valence-electron chi connectivity index (χ1n) is 8.04. The number of aromatic nitrogens is 1. The summed E-state index contributed by atoms with van der Waals surface area (Å²) in [6, 6.07) is 1.59. The minimum atomic E-state index is -0.894. The number of carbonyl (C=O) groups is 2. The van der Waals surface area contributed by atoms with Crippen LogP contribution in [0.2, 0.25) is 0 Å². The number of carboxylic acids is 1. The Kier molecular flexibility index (Phi) is 4.92. The van der Waals surface area contributed by atoms with Crippen LogP contribution < -0.4 is 5.56 Å². The van der Waals surface area contributed by atoms with Crippen molar-refractivity contribution in [3.05, 3.63) is 33.2 Å². The monoisotopic (exact) mass is 320 g/mol. The number of piperidine rings is 1. The number of amides is 1. The number of carbonyl (C=O) groups excluding carboxylic acids is 1. The van der Waals surface area contributed by atoms with E-state index in [2.05, 4.69) is 4.98 Å². The highest BCUT2D eigenvalue weighted by molar-refractivity contribution is 5.94. The van der Waals surface area contributed by atoms with E-state index in [0.29, 0.717) is 25.8 Å². The topological polar surface area (TPSA) is 90.5 Å². The third-order valence-corrected chi connectivity index (χ3v) is 4.77. The molecule has 0 aliphatic carbocycles. The molecule has 0 unspecified atom stereocenters. The number of rotatable bonds is 4. The molecule has 0 radical (unpaired) electrons. The van der Waals surface area contributed by atoms with Crippen LogP contribution in [0.3, 0.4) is 0 Å². The molecular weight excluding hydrogens is 296 g/mol. The van der Waals surface area contributed by atoms with Gasteiger partial charge in [-0.25, -0.2) is 0 Å². The fourth-order valence-electron chi connectivity index (χ4n) is 3.32. The van der Waals surface area contributed by atoms with Crippen LogP contribution >= 0.6 is 0 Å². The maximum Gasteiger partial charge on any atom is 0.311 e. The summed E-state index contributed by atoms with van der Waals surface area (Å²) >= 11 is 0. The van der Waals surface area contributed by atoms with Crippen molar-refractivity contribution < 1.29 is 14.7 Å². The van der Waals surface area contributed by atoms with Crippen LogP contribution in [-0.2, 0) is 4.79 Å². The van der Waals surface area contributed by atoms with E-state index in [1.165, 1.54) is 4.90 Å². The van der Waals surface area contributed by atoms with Gasteiger partial charge in [-0.05, 0) is 44.7 Å². The van der Waals surface area contributed by atoms with Crippen molar-refractivity contribution in [2.24, 2.45) is 5.41 Å². The van der Waals surface area contributed by atoms with Gasteiger partial charge in [0.1, 0.15) is 5.56 Å².